The van der Waals surface area contributed by atoms with Gasteiger partial charge in [-0.1, -0.05) is 6.42 Å². The van der Waals surface area contributed by atoms with E-state index >= 15 is 0 Å². The summed E-state index contributed by atoms with van der Waals surface area (Å²) in [5.74, 6) is 0.518. The minimum atomic E-state index is -3.62. The van der Waals surface area contributed by atoms with Crippen LogP contribution in [0.25, 0.3) is 0 Å². The van der Waals surface area contributed by atoms with Crippen molar-refractivity contribution < 1.29 is 13.5 Å². The van der Waals surface area contributed by atoms with Crippen LogP contribution < -0.4 is 4.72 Å². The van der Waals surface area contributed by atoms with E-state index in [4.69, 9.17) is 0 Å². The lowest BCUT2D eigenvalue weighted by atomic mass is 10.1. The number of aliphatic hydroxyl groups excluding tert-OH is 1. The van der Waals surface area contributed by atoms with Crippen molar-refractivity contribution in [3.63, 3.8) is 0 Å². The summed E-state index contributed by atoms with van der Waals surface area (Å²) in [6.07, 6.45) is 4.80. The number of aliphatic hydroxyl groups is 1. The second-order valence-corrected chi connectivity index (χ2v) is 7.88. The standard InChI is InChI=1S/C12H19N3O3S2/c16-7-10-3-1-2-6-15(10)20(17,18)14-12-13-11(8-19-12)9-4-5-9/h8-10,16H,1-7H2,(H,13,14). The number of nitrogens with one attached hydrogen (secondary N) is 1. The van der Waals surface area contributed by atoms with Crippen molar-refractivity contribution in [2.45, 2.75) is 44.1 Å². The molecule has 0 amide bonds. The molecule has 2 aliphatic rings. The quantitative estimate of drug-likeness (QED) is 0.862. The van der Waals surface area contributed by atoms with Gasteiger partial charge in [-0.3, -0.25) is 0 Å². The molecular formula is C12H19N3O3S2. The Kier molecular flexibility index (Phi) is 3.98. The first-order valence-corrected chi connectivity index (χ1v) is 9.28. The number of nitrogens with zero attached hydrogens (tertiary/aromatic N) is 2. The molecule has 1 aliphatic carbocycles. The highest BCUT2D eigenvalue weighted by molar-refractivity contribution is 7.90. The van der Waals surface area contributed by atoms with Gasteiger partial charge in [-0.25, -0.2) is 9.71 Å². The van der Waals surface area contributed by atoms with Gasteiger partial charge in [0.05, 0.1) is 12.3 Å². The molecule has 1 atom stereocenters. The van der Waals surface area contributed by atoms with Crippen LogP contribution in [0.2, 0.25) is 0 Å². The van der Waals surface area contributed by atoms with Crippen LogP contribution in [0.1, 0.15) is 43.7 Å². The zero-order valence-electron chi connectivity index (χ0n) is 11.2. The number of hydrogen-bond acceptors (Lipinski definition) is 5. The maximum atomic E-state index is 12.4. The van der Waals surface area contributed by atoms with E-state index in [9.17, 15) is 13.5 Å². The number of rotatable bonds is 5. The van der Waals surface area contributed by atoms with Gasteiger partial charge in [0, 0.05) is 23.9 Å². The molecule has 1 aromatic rings. The Balaban J connectivity index is 1.72. The molecule has 0 radical (unpaired) electrons. The fourth-order valence-corrected chi connectivity index (χ4v) is 5.00. The summed E-state index contributed by atoms with van der Waals surface area (Å²) >= 11 is 1.33. The first-order valence-electron chi connectivity index (χ1n) is 6.96. The summed E-state index contributed by atoms with van der Waals surface area (Å²) in [4.78, 5) is 4.34. The minimum absolute atomic E-state index is 0.133. The number of piperidine rings is 1. The van der Waals surface area contributed by atoms with Crippen molar-refractivity contribution in [1.29, 1.82) is 0 Å². The smallest absolute Gasteiger partial charge is 0.303 e. The molecular weight excluding hydrogens is 298 g/mol. The first-order chi connectivity index (χ1) is 9.60. The molecule has 0 spiro atoms. The molecule has 0 aromatic carbocycles. The normalized spacial score (nSPS) is 24.8. The molecule has 2 N–H and O–H groups in total. The fourth-order valence-electron chi connectivity index (χ4n) is 2.54. The average Bonchev–Trinajstić information content (AvgIpc) is 3.20. The van der Waals surface area contributed by atoms with Gasteiger partial charge < -0.3 is 5.11 Å². The van der Waals surface area contributed by atoms with Crippen molar-refractivity contribution in [1.82, 2.24) is 9.29 Å². The van der Waals surface area contributed by atoms with Crippen molar-refractivity contribution >= 4 is 26.7 Å². The molecule has 2 heterocycles. The van der Waals surface area contributed by atoms with E-state index in [-0.39, 0.29) is 12.6 Å². The van der Waals surface area contributed by atoms with Crippen LogP contribution in [0.4, 0.5) is 5.13 Å². The van der Waals surface area contributed by atoms with Crippen LogP contribution in [0.15, 0.2) is 5.38 Å². The Morgan fingerprint density at radius 1 is 1.40 bits per heavy atom. The number of thiazole rings is 1. The third-order valence-electron chi connectivity index (χ3n) is 3.83. The highest BCUT2D eigenvalue weighted by atomic mass is 32.2. The topological polar surface area (TPSA) is 82.5 Å². The Bertz CT molecular complexity index is 568. The molecule has 1 saturated carbocycles. The van der Waals surface area contributed by atoms with E-state index in [2.05, 4.69) is 9.71 Å². The van der Waals surface area contributed by atoms with Crippen LogP contribution in [0.3, 0.4) is 0 Å². The predicted octanol–water partition coefficient (Wildman–Crippen LogP) is 1.52. The average molecular weight is 317 g/mol. The zero-order valence-corrected chi connectivity index (χ0v) is 12.8. The van der Waals surface area contributed by atoms with E-state index in [0.29, 0.717) is 24.0 Å². The molecule has 20 heavy (non-hydrogen) atoms. The maximum absolute atomic E-state index is 12.4. The lowest BCUT2D eigenvalue weighted by Gasteiger charge is -2.33. The number of anilines is 1. The lowest BCUT2D eigenvalue weighted by molar-refractivity contribution is 0.156. The second-order valence-electron chi connectivity index (χ2n) is 5.40. The van der Waals surface area contributed by atoms with Crippen LogP contribution in [0, 0.1) is 0 Å². The molecule has 3 rings (SSSR count). The van der Waals surface area contributed by atoms with Gasteiger partial charge in [-0.05, 0) is 25.7 Å². The Morgan fingerprint density at radius 3 is 2.90 bits per heavy atom. The zero-order chi connectivity index (χ0) is 14.2. The Morgan fingerprint density at radius 2 is 2.20 bits per heavy atom. The van der Waals surface area contributed by atoms with E-state index < -0.39 is 10.2 Å². The molecule has 6 nitrogen and oxygen atoms in total. The maximum Gasteiger partial charge on any atom is 0.303 e. The molecule has 2 fully saturated rings. The van der Waals surface area contributed by atoms with E-state index in [1.54, 1.807) is 0 Å². The number of hydrogen-bond donors (Lipinski definition) is 2. The molecule has 1 unspecified atom stereocenters. The first kappa shape index (κ1) is 14.2. The molecule has 0 bridgehead atoms. The summed E-state index contributed by atoms with van der Waals surface area (Å²) in [5.41, 5.74) is 0.991. The van der Waals surface area contributed by atoms with Crippen LogP contribution in [-0.4, -0.2) is 42.0 Å². The highest BCUT2D eigenvalue weighted by Gasteiger charge is 2.33. The van der Waals surface area contributed by atoms with Crippen molar-refractivity contribution in [2.24, 2.45) is 0 Å². The summed E-state index contributed by atoms with van der Waals surface area (Å²) in [6, 6.07) is -0.316. The van der Waals surface area contributed by atoms with Gasteiger partial charge in [0.25, 0.3) is 0 Å². The van der Waals surface area contributed by atoms with Gasteiger partial charge in [0.15, 0.2) is 5.13 Å². The van der Waals surface area contributed by atoms with Crippen LogP contribution in [-0.2, 0) is 10.2 Å². The third kappa shape index (κ3) is 2.98. The monoisotopic (exact) mass is 317 g/mol. The lowest BCUT2D eigenvalue weighted by Crippen LogP contribution is -2.47. The van der Waals surface area contributed by atoms with Crippen molar-refractivity contribution in [2.75, 3.05) is 17.9 Å². The van der Waals surface area contributed by atoms with Gasteiger partial charge in [0.1, 0.15) is 0 Å². The largest absolute Gasteiger partial charge is 0.395 e. The minimum Gasteiger partial charge on any atom is -0.395 e. The SMILES string of the molecule is O=S(=O)(Nc1nc(C2CC2)cs1)N1CCCCC1CO. The molecule has 112 valence electrons. The van der Waals surface area contributed by atoms with Gasteiger partial charge in [-0.15, -0.1) is 11.3 Å². The van der Waals surface area contributed by atoms with Crippen molar-refractivity contribution in [3.8, 4) is 0 Å². The Hall–Kier alpha value is -0.700. The molecule has 1 saturated heterocycles. The van der Waals surface area contributed by atoms with Crippen LogP contribution in [0.5, 0.6) is 0 Å². The summed E-state index contributed by atoms with van der Waals surface area (Å²) < 4.78 is 28.7. The fraction of sp³-hybridized carbons (Fsp3) is 0.750. The molecule has 1 aliphatic heterocycles. The summed E-state index contributed by atoms with van der Waals surface area (Å²) in [5, 5.41) is 11.7. The van der Waals surface area contributed by atoms with E-state index in [1.807, 2.05) is 5.38 Å². The Labute approximate surface area is 123 Å². The molecule has 1 aromatic heterocycles. The number of aromatic nitrogens is 1. The van der Waals surface area contributed by atoms with E-state index in [0.717, 1.165) is 31.4 Å². The third-order valence-corrected chi connectivity index (χ3v) is 6.28. The van der Waals surface area contributed by atoms with Gasteiger partial charge in [0.2, 0.25) is 0 Å². The predicted molar refractivity (Wildman–Crippen MR) is 78.1 cm³/mol. The van der Waals surface area contributed by atoms with E-state index in [1.165, 1.54) is 15.6 Å². The second kappa shape index (κ2) is 5.59. The van der Waals surface area contributed by atoms with Gasteiger partial charge in [-0.2, -0.15) is 12.7 Å². The highest BCUT2D eigenvalue weighted by Crippen LogP contribution is 2.41. The summed E-state index contributed by atoms with van der Waals surface area (Å²) in [7, 11) is -3.62. The van der Waals surface area contributed by atoms with Crippen molar-refractivity contribution in [3.05, 3.63) is 11.1 Å². The van der Waals surface area contributed by atoms with Crippen LogP contribution >= 0.6 is 11.3 Å². The molecule has 8 heteroatoms. The summed E-state index contributed by atoms with van der Waals surface area (Å²) in [6.45, 7) is 0.327. The van der Waals surface area contributed by atoms with Gasteiger partial charge >= 0.3 is 10.2 Å².